The Morgan fingerprint density at radius 3 is 0.788 bits per heavy atom. The molecule has 4 nitrogen and oxygen atoms in total. The van der Waals surface area contributed by atoms with Gasteiger partial charge in [-0.2, -0.15) is 0 Å². The molecule has 358 valence electrons. The highest BCUT2D eigenvalue weighted by atomic mass is 16.5. The third-order valence-corrected chi connectivity index (χ3v) is 14.5. The maximum absolute atomic E-state index is 13.0. The van der Waals surface area contributed by atoms with Crippen molar-refractivity contribution in [2.45, 2.75) is 205 Å². The van der Waals surface area contributed by atoms with Gasteiger partial charge in [0, 0.05) is 48.7 Å². The van der Waals surface area contributed by atoms with Gasteiger partial charge in [-0.1, -0.05) is 239 Å². The minimum absolute atomic E-state index is 0.216. The molecule has 0 radical (unpaired) electrons. The average Bonchev–Trinajstić information content (AvgIpc) is 3.81. The molecular weight excluding hydrogens is 809 g/mol. The largest absolute Gasteiger partial charge is 0.381 e. The van der Waals surface area contributed by atoms with Crippen molar-refractivity contribution in [2.75, 3.05) is 26.4 Å². The Bertz CT molecular complexity index is 1850. The normalized spacial score (nSPS) is 12.5. The van der Waals surface area contributed by atoms with E-state index < -0.39 is 0 Å². The molecule has 4 heteroatoms. The number of ketones is 2. The van der Waals surface area contributed by atoms with E-state index >= 15 is 0 Å². The summed E-state index contributed by atoms with van der Waals surface area (Å²) in [5.74, 6) is 0.431. The molecular formula is C62H86O4. The zero-order valence-corrected chi connectivity index (χ0v) is 41.2. The van der Waals surface area contributed by atoms with Crippen LogP contribution in [0.5, 0.6) is 0 Å². The van der Waals surface area contributed by atoms with Crippen LogP contribution in [0.15, 0.2) is 84.9 Å². The maximum Gasteiger partial charge on any atom is 0.194 e. The third-order valence-electron chi connectivity index (χ3n) is 14.5. The molecule has 0 aromatic heterocycles. The van der Waals surface area contributed by atoms with Gasteiger partial charge in [0.25, 0.3) is 0 Å². The van der Waals surface area contributed by atoms with Crippen molar-refractivity contribution in [2.24, 2.45) is 0 Å². The van der Waals surface area contributed by atoms with Crippen molar-refractivity contribution in [1.29, 1.82) is 0 Å². The van der Waals surface area contributed by atoms with Gasteiger partial charge in [-0.25, -0.2) is 0 Å². The summed E-state index contributed by atoms with van der Waals surface area (Å²) in [4.78, 5) is 26.0. The van der Waals surface area contributed by atoms with E-state index in [1.54, 1.807) is 0 Å². The Morgan fingerprint density at radius 1 is 0.242 bits per heavy atom. The van der Waals surface area contributed by atoms with Crippen LogP contribution in [0.3, 0.4) is 0 Å². The van der Waals surface area contributed by atoms with Crippen LogP contribution in [-0.2, 0) is 22.3 Å². The Labute approximate surface area is 401 Å². The fraction of sp³-hybridized carbons (Fsp3) is 0.581. The number of aryl methyl sites for hydroxylation is 2. The SMILES string of the molecule is O=C1c2ccccc2-c2cccc(CCCCCCCCCCCCOCCCCCCCCCCCCOCCCCCCCCCCCCc3cccc4c3C(=O)c3ccccc3-4)c21. The molecule has 0 fully saturated rings. The van der Waals surface area contributed by atoms with Crippen LogP contribution < -0.4 is 0 Å². The van der Waals surface area contributed by atoms with Gasteiger partial charge in [0.2, 0.25) is 0 Å². The van der Waals surface area contributed by atoms with Crippen molar-refractivity contribution >= 4 is 11.6 Å². The molecule has 0 bridgehead atoms. The number of hydrogen-bond donors (Lipinski definition) is 0. The second-order valence-electron chi connectivity index (χ2n) is 19.8. The summed E-state index contributed by atoms with van der Waals surface area (Å²) in [7, 11) is 0. The van der Waals surface area contributed by atoms with E-state index in [2.05, 4.69) is 48.5 Å². The van der Waals surface area contributed by atoms with Gasteiger partial charge >= 0.3 is 0 Å². The second kappa shape index (κ2) is 31.2. The quantitative estimate of drug-likeness (QED) is 0.0362. The number of fused-ring (bicyclic) bond motifs is 6. The summed E-state index contributed by atoms with van der Waals surface area (Å²) in [6.07, 6.45) is 41.4. The average molecular weight is 895 g/mol. The highest BCUT2D eigenvalue weighted by molar-refractivity contribution is 6.23. The molecule has 6 rings (SSSR count). The van der Waals surface area contributed by atoms with Gasteiger partial charge in [-0.15, -0.1) is 0 Å². The highest BCUT2D eigenvalue weighted by Crippen LogP contribution is 2.40. The van der Waals surface area contributed by atoms with Gasteiger partial charge in [0.1, 0.15) is 0 Å². The van der Waals surface area contributed by atoms with Crippen LogP contribution in [0, 0.1) is 0 Å². The smallest absolute Gasteiger partial charge is 0.194 e. The first-order chi connectivity index (χ1) is 32.7. The minimum Gasteiger partial charge on any atom is -0.381 e. The molecule has 4 aromatic carbocycles. The molecule has 0 spiro atoms. The van der Waals surface area contributed by atoms with Gasteiger partial charge < -0.3 is 9.47 Å². The number of hydrogen-bond acceptors (Lipinski definition) is 4. The van der Waals surface area contributed by atoms with Crippen LogP contribution in [0.4, 0.5) is 0 Å². The topological polar surface area (TPSA) is 52.6 Å². The molecule has 0 amide bonds. The molecule has 0 unspecified atom stereocenters. The predicted octanol–water partition coefficient (Wildman–Crippen LogP) is 17.6. The van der Waals surface area contributed by atoms with Gasteiger partial charge in [0.15, 0.2) is 11.6 Å². The lowest BCUT2D eigenvalue weighted by atomic mass is 9.96. The molecule has 2 aliphatic rings. The third kappa shape index (κ3) is 17.0. The van der Waals surface area contributed by atoms with E-state index in [0.29, 0.717) is 0 Å². The molecule has 0 atom stereocenters. The number of carbonyl (C=O) groups excluding carboxylic acids is 2. The number of ether oxygens (including phenoxy) is 2. The summed E-state index contributed by atoms with van der Waals surface area (Å²) in [5, 5.41) is 0. The Hall–Kier alpha value is -3.86. The van der Waals surface area contributed by atoms with Crippen LogP contribution in [0.1, 0.15) is 236 Å². The van der Waals surface area contributed by atoms with Crippen molar-refractivity contribution in [1.82, 2.24) is 0 Å². The predicted molar refractivity (Wildman–Crippen MR) is 278 cm³/mol. The van der Waals surface area contributed by atoms with E-state index in [-0.39, 0.29) is 11.6 Å². The maximum atomic E-state index is 13.0. The Balaban J connectivity index is 0.591. The first-order valence-electron chi connectivity index (χ1n) is 27.4. The lowest BCUT2D eigenvalue weighted by Gasteiger charge is -2.08. The molecule has 0 N–H and O–H groups in total. The van der Waals surface area contributed by atoms with Gasteiger partial charge in [0.05, 0.1) is 0 Å². The zero-order chi connectivity index (χ0) is 45.7. The molecule has 0 aliphatic heterocycles. The van der Waals surface area contributed by atoms with E-state index in [0.717, 1.165) is 83.8 Å². The van der Waals surface area contributed by atoms with E-state index in [1.165, 1.54) is 204 Å². The van der Waals surface area contributed by atoms with E-state index in [9.17, 15) is 9.59 Å². The van der Waals surface area contributed by atoms with Crippen LogP contribution in [0.2, 0.25) is 0 Å². The summed E-state index contributed by atoms with van der Waals surface area (Å²) in [5.41, 5.74) is 10.6. The van der Waals surface area contributed by atoms with Gasteiger partial charge in [-0.05, 0) is 84.7 Å². The van der Waals surface area contributed by atoms with Crippen LogP contribution >= 0.6 is 0 Å². The number of carbonyl (C=O) groups is 2. The number of unbranched alkanes of at least 4 members (excludes halogenated alkanes) is 27. The summed E-state index contributed by atoms with van der Waals surface area (Å²) in [6, 6.07) is 28.9. The fourth-order valence-electron chi connectivity index (χ4n) is 10.6. The highest BCUT2D eigenvalue weighted by Gasteiger charge is 2.29. The summed E-state index contributed by atoms with van der Waals surface area (Å²) < 4.78 is 11.9. The standard InChI is InChI=1S/C62H86O4/c63-61-57-43-29-27-41-53(57)55-45-35-39-51(59(55)61)37-25-19-13-7-1-3-9-15-21-31-47-65-49-33-23-17-11-5-6-12-18-24-34-50-66-48-32-22-16-10-4-2-8-14-20-26-38-52-40-36-46-56-54-42-28-30-44-58(54)62(64)60(52)56/h27-30,35-36,39-46H,1-26,31-34,37-38,47-50H2. The summed E-state index contributed by atoms with van der Waals surface area (Å²) >= 11 is 0. The van der Waals surface area contributed by atoms with Crippen LogP contribution in [0.25, 0.3) is 22.3 Å². The van der Waals surface area contributed by atoms with E-state index in [4.69, 9.17) is 9.47 Å². The minimum atomic E-state index is 0.216. The zero-order valence-electron chi connectivity index (χ0n) is 41.2. The first-order valence-corrected chi connectivity index (χ1v) is 27.4. The molecule has 0 heterocycles. The number of rotatable bonds is 39. The van der Waals surface area contributed by atoms with Crippen molar-refractivity contribution in [3.8, 4) is 22.3 Å². The van der Waals surface area contributed by atoms with Crippen molar-refractivity contribution < 1.29 is 19.1 Å². The van der Waals surface area contributed by atoms with Gasteiger partial charge in [-0.3, -0.25) is 9.59 Å². The molecule has 2 aliphatic carbocycles. The Morgan fingerprint density at radius 2 is 0.485 bits per heavy atom. The molecule has 0 saturated heterocycles. The lowest BCUT2D eigenvalue weighted by molar-refractivity contribution is 0.103. The Kier molecular flexibility index (Phi) is 24.4. The fourth-order valence-corrected chi connectivity index (χ4v) is 10.6. The molecule has 0 saturated carbocycles. The van der Waals surface area contributed by atoms with Crippen molar-refractivity contribution in [3.63, 3.8) is 0 Å². The van der Waals surface area contributed by atoms with E-state index in [1.807, 2.05) is 36.4 Å². The molecule has 66 heavy (non-hydrogen) atoms. The number of benzene rings is 4. The molecule has 4 aromatic rings. The monoisotopic (exact) mass is 895 g/mol. The van der Waals surface area contributed by atoms with Crippen LogP contribution in [-0.4, -0.2) is 38.0 Å². The first kappa shape index (κ1) is 51.5. The van der Waals surface area contributed by atoms with Crippen molar-refractivity contribution in [3.05, 3.63) is 118 Å². The second-order valence-corrected chi connectivity index (χ2v) is 19.8. The lowest BCUT2D eigenvalue weighted by Crippen LogP contribution is -2.01. The summed E-state index contributed by atoms with van der Waals surface area (Å²) in [6.45, 7) is 3.77.